The zero-order valence-corrected chi connectivity index (χ0v) is 16.8. The van der Waals surface area contributed by atoms with Gasteiger partial charge < -0.3 is 15.2 Å². The molecule has 0 saturated heterocycles. The second kappa shape index (κ2) is 9.52. The number of nitrogens with two attached hydrogens (primary N) is 1. The number of aliphatic imine (C=N–C) groups is 1. The van der Waals surface area contributed by atoms with Gasteiger partial charge >= 0.3 is 0 Å². The lowest BCUT2D eigenvalue weighted by atomic mass is 10.1. The average molecular weight is 394 g/mol. The maximum Gasteiger partial charge on any atom is 0.238 e. The first-order valence-electron chi connectivity index (χ1n) is 8.91. The molecule has 4 N–H and O–H groups in total. The van der Waals surface area contributed by atoms with Gasteiger partial charge in [0.1, 0.15) is 5.76 Å². The molecule has 8 nitrogen and oxygen atoms in total. The van der Waals surface area contributed by atoms with E-state index in [-0.39, 0.29) is 4.90 Å². The summed E-state index contributed by atoms with van der Waals surface area (Å²) < 4.78 is 27.9. The molecule has 148 valence electrons. The van der Waals surface area contributed by atoms with E-state index in [2.05, 4.69) is 27.7 Å². The fraction of sp³-hybridized carbons (Fsp3) is 0.444. The van der Waals surface area contributed by atoms with Crippen LogP contribution in [0.25, 0.3) is 0 Å². The van der Waals surface area contributed by atoms with Gasteiger partial charge in [0.15, 0.2) is 5.96 Å². The third-order valence-corrected chi connectivity index (χ3v) is 5.15. The monoisotopic (exact) mass is 393 g/mol. The Kier molecular flexibility index (Phi) is 7.37. The van der Waals surface area contributed by atoms with Gasteiger partial charge in [0.05, 0.1) is 10.6 Å². The zero-order chi connectivity index (χ0) is 19.9. The van der Waals surface area contributed by atoms with Crippen LogP contribution in [0.1, 0.15) is 36.4 Å². The van der Waals surface area contributed by atoms with E-state index in [0.717, 1.165) is 41.8 Å². The van der Waals surface area contributed by atoms with Crippen LogP contribution in [0.2, 0.25) is 0 Å². The molecular formula is C18H27N5O3S. The van der Waals surface area contributed by atoms with Crippen LogP contribution >= 0.6 is 0 Å². The predicted octanol–water partition coefficient (Wildman–Crippen LogP) is 1.35. The van der Waals surface area contributed by atoms with Crippen LogP contribution in [0.4, 0.5) is 0 Å². The van der Waals surface area contributed by atoms with Crippen molar-refractivity contribution in [1.29, 1.82) is 0 Å². The highest BCUT2D eigenvalue weighted by molar-refractivity contribution is 7.89. The maximum atomic E-state index is 11.3. The van der Waals surface area contributed by atoms with Crippen molar-refractivity contribution in [1.82, 2.24) is 15.8 Å². The normalized spacial score (nSPS) is 12.2. The van der Waals surface area contributed by atoms with Gasteiger partial charge in [0.2, 0.25) is 10.0 Å². The smallest absolute Gasteiger partial charge is 0.238 e. The van der Waals surface area contributed by atoms with E-state index >= 15 is 0 Å². The van der Waals surface area contributed by atoms with Crippen molar-refractivity contribution < 1.29 is 12.9 Å². The van der Waals surface area contributed by atoms with Gasteiger partial charge in [-0.05, 0) is 30.5 Å². The Morgan fingerprint density at radius 2 is 1.89 bits per heavy atom. The summed E-state index contributed by atoms with van der Waals surface area (Å²) in [4.78, 5) is 4.34. The molecule has 1 heterocycles. The molecule has 9 heteroatoms. The molecular weight excluding hydrogens is 366 g/mol. The van der Waals surface area contributed by atoms with Crippen LogP contribution in [-0.4, -0.2) is 33.1 Å². The van der Waals surface area contributed by atoms with Crippen molar-refractivity contribution in [2.24, 2.45) is 10.1 Å². The molecule has 0 bridgehead atoms. The number of hydrogen-bond acceptors (Lipinski definition) is 5. The quantitative estimate of drug-likeness (QED) is 0.460. The Labute approximate surface area is 160 Å². The Morgan fingerprint density at radius 1 is 1.19 bits per heavy atom. The van der Waals surface area contributed by atoms with Gasteiger partial charge in [-0.1, -0.05) is 31.1 Å². The van der Waals surface area contributed by atoms with Crippen molar-refractivity contribution in [2.45, 2.75) is 44.6 Å². The number of nitrogens with zero attached hydrogens (tertiary/aromatic N) is 2. The van der Waals surface area contributed by atoms with E-state index in [9.17, 15) is 8.42 Å². The number of rotatable bonds is 8. The first-order valence-corrected chi connectivity index (χ1v) is 10.5. The number of primary sulfonamides is 1. The van der Waals surface area contributed by atoms with E-state index in [0.29, 0.717) is 19.0 Å². The lowest BCUT2D eigenvalue weighted by Gasteiger charge is -2.12. The summed E-state index contributed by atoms with van der Waals surface area (Å²) in [5.41, 5.74) is 3.05. The average Bonchev–Trinajstić information content (AvgIpc) is 3.06. The minimum atomic E-state index is -3.66. The number of aryl methyl sites for hydroxylation is 2. The van der Waals surface area contributed by atoms with E-state index < -0.39 is 10.0 Å². The van der Waals surface area contributed by atoms with Crippen molar-refractivity contribution in [3.05, 3.63) is 46.8 Å². The highest BCUT2D eigenvalue weighted by atomic mass is 32.2. The summed E-state index contributed by atoms with van der Waals surface area (Å²) in [5, 5.41) is 15.7. The van der Waals surface area contributed by atoms with Crippen molar-refractivity contribution >= 4 is 16.0 Å². The summed E-state index contributed by atoms with van der Waals surface area (Å²) in [6.07, 6.45) is 2.34. The van der Waals surface area contributed by atoms with Gasteiger partial charge in [-0.15, -0.1) is 0 Å². The lowest BCUT2D eigenvalue weighted by Crippen LogP contribution is -2.38. The molecule has 1 aromatic heterocycles. The number of nitrogens with one attached hydrogen (secondary N) is 2. The number of benzene rings is 1. The topological polar surface area (TPSA) is 123 Å². The second-order valence-corrected chi connectivity index (χ2v) is 7.59. The van der Waals surface area contributed by atoms with Gasteiger partial charge in [0, 0.05) is 32.1 Å². The second-order valence-electron chi connectivity index (χ2n) is 6.03. The van der Waals surface area contributed by atoms with Crippen molar-refractivity contribution in [3.8, 4) is 0 Å². The Balaban J connectivity index is 1.87. The number of hydrogen-bond donors (Lipinski definition) is 3. The predicted molar refractivity (Wildman–Crippen MR) is 105 cm³/mol. The van der Waals surface area contributed by atoms with E-state index in [4.69, 9.17) is 9.66 Å². The molecule has 0 aliphatic carbocycles. The largest absolute Gasteiger partial charge is 0.361 e. The minimum Gasteiger partial charge on any atom is -0.361 e. The van der Waals surface area contributed by atoms with Gasteiger partial charge in [0.25, 0.3) is 0 Å². The molecule has 0 fully saturated rings. The molecule has 0 radical (unpaired) electrons. The maximum absolute atomic E-state index is 11.3. The summed E-state index contributed by atoms with van der Waals surface area (Å²) in [6.45, 7) is 5.34. The first-order chi connectivity index (χ1) is 12.9. The van der Waals surface area contributed by atoms with Crippen LogP contribution in [0.5, 0.6) is 0 Å². The molecule has 1 aromatic carbocycles. The molecule has 27 heavy (non-hydrogen) atoms. The van der Waals surface area contributed by atoms with Crippen LogP contribution in [0.15, 0.2) is 38.7 Å². The molecule has 0 atom stereocenters. The third kappa shape index (κ3) is 5.80. The Hall–Kier alpha value is -2.39. The molecule has 2 rings (SSSR count). The van der Waals surface area contributed by atoms with Crippen LogP contribution in [0, 0.1) is 0 Å². The van der Waals surface area contributed by atoms with Gasteiger partial charge in [-0.2, -0.15) is 0 Å². The highest BCUT2D eigenvalue weighted by Crippen LogP contribution is 2.15. The molecule has 0 aliphatic rings. The third-order valence-electron chi connectivity index (χ3n) is 4.22. The van der Waals surface area contributed by atoms with Crippen LogP contribution in [-0.2, 0) is 35.8 Å². The summed E-state index contributed by atoms with van der Waals surface area (Å²) >= 11 is 0. The molecule has 0 saturated carbocycles. The Morgan fingerprint density at radius 3 is 2.44 bits per heavy atom. The highest BCUT2D eigenvalue weighted by Gasteiger charge is 2.13. The summed E-state index contributed by atoms with van der Waals surface area (Å²) in [6, 6.07) is 6.55. The standard InChI is InChI=1S/C18H27N5O3S/c1-4-16-15(17(5-2)26-23-16)12-22-18(20-3)21-11-10-13-6-8-14(9-7-13)27(19,24)25/h6-9H,4-5,10-12H2,1-3H3,(H2,19,24,25)(H2,20,21,22). The first kappa shape index (κ1) is 20.9. The van der Waals surface area contributed by atoms with Crippen molar-refractivity contribution in [2.75, 3.05) is 13.6 Å². The fourth-order valence-corrected chi connectivity index (χ4v) is 3.22. The number of sulfonamides is 1. The van der Waals surface area contributed by atoms with Crippen LogP contribution in [0.3, 0.4) is 0 Å². The van der Waals surface area contributed by atoms with Crippen molar-refractivity contribution in [3.63, 3.8) is 0 Å². The zero-order valence-electron chi connectivity index (χ0n) is 15.9. The molecule has 0 unspecified atom stereocenters. The van der Waals surface area contributed by atoms with E-state index in [1.165, 1.54) is 12.1 Å². The fourth-order valence-electron chi connectivity index (χ4n) is 2.70. The molecule has 0 amide bonds. The molecule has 0 spiro atoms. The molecule has 2 aromatic rings. The minimum absolute atomic E-state index is 0.115. The van der Waals surface area contributed by atoms with Gasteiger partial charge in [-0.25, -0.2) is 13.6 Å². The van der Waals surface area contributed by atoms with E-state index in [1.807, 2.05) is 6.92 Å². The summed E-state index contributed by atoms with van der Waals surface area (Å²) in [7, 11) is -1.94. The van der Waals surface area contributed by atoms with Crippen LogP contribution < -0.4 is 15.8 Å². The summed E-state index contributed by atoms with van der Waals surface area (Å²) in [5.74, 6) is 1.58. The number of aromatic nitrogens is 1. The lowest BCUT2D eigenvalue weighted by molar-refractivity contribution is 0.380. The SMILES string of the molecule is CCc1noc(CC)c1CNC(=NC)NCCc1ccc(S(N)(=O)=O)cc1. The molecule has 0 aliphatic heterocycles. The number of guanidine groups is 1. The Bertz CT molecular complexity index is 851. The van der Waals surface area contributed by atoms with E-state index in [1.54, 1.807) is 19.2 Å². The van der Waals surface area contributed by atoms with Gasteiger partial charge in [-0.3, -0.25) is 4.99 Å².